The molecule has 3 aromatic rings. The van der Waals surface area contributed by atoms with Crippen LogP contribution in [-0.4, -0.2) is 23.9 Å². The summed E-state index contributed by atoms with van der Waals surface area (Å²) in [6, 6.07) is 17.2. The summed E-state index contributed by atoms with van der Waals surface area (Å²) in [5, 5.41) is 0.772. The van der Waals surface area contributed by atoms with E-state index in [9.17, 15) is 9.59 Å². The van der Waals surface area contributed by atoms with Crippen molar-refractivity contribution in [3.8, 4) is 16.3 Å². The Hall–Kier alpha value is -3.19. The fourth-order valence-electron chi connectivity index (χ4n) is 2.61. The molecule has 0 saturated heterocycles. The maximum absolute atomic E-state index is 12.4. The average Bonchev–Trinajstić information content (AvgIpc) is 3.13. The predicted octanol–water partition coefficient (Wildman–Crippen LogP) is 3.52. The third kappa shape index (κ3) is 4.95. The molecule has 0 radical (unpaired) electrons. The molecule has 0 aliphatic rings. The molecule has 0 fully saturated rings. The minimum absolute atomic E-state index is 0.255. The summed E-state index contributed by atoms with van der Waals surface area (Å²) in [6.45, 7) is 1.78. The van der Waals surface area contributed by atoms with Gasteiger partial charge < -0.3 is 4.74 Å². The molecule has 28 heavy (non-hydrogen) atoms. The topological polar surface area (TPSA) is 80.3 Å². The van der Waals surface area contributed by atoms with Crippen LogP contribution < -0.4 is 15.6 Å². The molecule has 3 rings (SSSR count). The Morgan fingerprint density at radius 3 is 2.43 bits per heavy atom. The van der Waals surface area contributed by atoms with Crippen LogP contribution >= 0.6 is 11.3 Å². The zero-order valence-electron chi connectivity index (χ0n) is 15.7. The Kier molecular flexibility index (Phi) is 6.39. The van der Waals surface area contributed by atoms with Crippen molar-refractivity contribution in [3.05, 3.63) is 70.7 Å². The lowest BCUT2D eigenvalue weighted by atomic mass is 10.1. The number of benzene rings is 2. The molecule has 0 aliphatic heterocycles. The first kappa shape index (κ1) is 19.6. The fourth-order valence-corrected chi connectivity index (χ4v) is 3.57. The van der Waals surface area contributed by atoms with E-state index in [0.29, 0.717) is 17.0 Å². The van der Waals surface area contributed by atoms with Crippen molar-refractivity contribution in [2.75, 3.05) is 7.11 Å². The summed E-state index contributed by atoms with van der Waals surface area (Å²) in [7, 11) is 1.61. The van der Waals surface area contributed by atoms with Crippen LogP contribution in [0.2, 0.25) is 0 Å². The van der Waals surface area contributed by atoms with Gasteiger partial charge in [0.25, 0.3) is 5.91 Å². The molecular weight excluding hydrogens is 374 g/mol. The van der Waals surface area contributed by atoms with Crippen molar-refractivity contribution in [3.63, 3.8) is 0 Å². The largest absolute Gasteiger partial charge is 0.497 e. The van der Waals surface area contributed by atoms with Crippen LogP contribution in [0.15, 0.2) is 54.6 Å². The number of hydrazine groups is 1. The number of rotatable bonds is 6. The number of carbonyl (C=O) groups excluding carboxylic acids is 2. The fraction of sp³-hybridized carbons (Fsp3) is 0.190. The second kappa shape index (κ2) is 9.14. The number of hydrogen-bond donors (Lipinski definition) is 2. The van der Waals surface area contributed by atoms with Crippen LogP contribution in [0.1, 0.15) is 27.3 Å². The number of amides is 2. The van der Waals surface area contributed by atoms with Gasteiger partial charge in [0.1, 0.15) is 15.6 Å². The van der Waals surface area contributed by atoms with Crippen molar-refractivity contribution in [1.82, 2.24) is 15.8 Å². The van der Waals surface area contributed by atoms with Crippen molar-refractivity contribution in [2.24, 2.45) is 0 Å². The molecule has 1 aromatic heterocycles. The summed E-state index contributed by atoms with van der Waals surface area (Å²) < 4.78 is 5.11. The SMILES string of the molecule is COc1ccc(CCC(=O)NNC(=O)c2sc(-c3ccccc3)nc2C)cc1. The van der Waals surface area contributed by atoms with Crippen LogP contribution in [0, 0.1) is 6.92 Å². The van der Waals surface area contributed by atoms with Gasteiger partial charge >= 0.3 is 0 Å². The first-order chi connectivity index (χ1) is 13.6. The third-order valence-electron chi connectivity index (χ3n) is 4.14. The van der Waals surface area contributed by atoms with Gasteiger partial charge in [-0.3, -0.25) is 20.4 Å². The van der Waals surface area contributed by atoms with Crippen molar-refractivity contribution >= 4 is 23.2 Å². The Balaban J connectivity index is 1.52. The van der Waals surface area contributed by atoms with E-state index in [0.717, 1.165) is 21.9 Å². The Labute approximate surface area is 167 Å². The molecular formula is C21H21N3O3S. The summed E-state index contributed by atoms with van der Waals surface area (Å²) in [5.41, 5.74) is 7.55. The molecule has 0 unspecified atom stereocenters. The number of nitrogens with one attached hydrogen (secondary N) is 2. The first-order valence-electron chi connectivity index (χ1n) is 8.82. The Morgan fingerprint density at radius 1 is 1.04 bits per heavy atom. The van der Waals surface area contributed by atoms with E-state index in [1.165, 1.54) is 11.3 Å². The molecule has 7 heteroatoms. The van der Waals surface area contributed by atoms with Gasteiger partial charge in [-0.15, -0.1) is 11.3 Å². The number of ether oxygens (including phenoxy) is 1. The summed E-state index contributed by atoms with van der Waals surface area (Å²) >= 11 is 1.30. The van der Waals surface area contributed by atoms with E-state index in [1.807, 2.05) is 54.6 Å². The van der Waals surface area contributed by atoms with Gasteiger partial charge in [-0.2, -0.15) is 0 Å². The Morgan fingerprint density at radius 2 is 1.75 bits per heavy atom. The number of thiazole rings is 1. The number of hydrogen-bond acceptors (Lipinski definition) is 5. The highest BCUT2D eigenvalue weighted by molar-refractivity contribution is 7.17. The summed E-state index contributed by atoms with van der Waals surface area (Å²) in [5.74, 6) is 0.153. The molecule has 144 valence electrons. The second-order valence-electron chi connectivity index (χ2n) is 6.15. The zero-order valence-corrected chi connectivity index (χ0v) is 16.5. The molecule has 0 atom stereocenters. The zero-order chi connectivity index (χ0) is 19.9. The standard InChI is InChI=1S/C21H21N3O3S/c1-14-19(28-21(22-14)16-6-4-3-5-7-16)20(26)24-23-18(25)13-10-15-8-11-17(27-2)12-9-15/h3-9,11-12H,10,13H2,1-2H3,(H,23,25)(H,24,26). The van der Waals surface area contributed by atoms with Crippen LogP contribution in [0.3, 0.4) is 0 Å². The number of nitrogens with zero attached hydrogens (tertiary/aromatic N) is 1. The quantitative estimate of drug-likeness (QED) is 0.626. The van der Waals surface area contributed by atoms with Gasteiger partial charge in [0.2, 0.25) is 5.91 Å². The monoisotopic (exact) mass is 395 g/mol. The predicted molar refractivity (Wildman–Crippen MR) is 109 cm³/mol. The van der Waals surface area contributed by atoms with E-state index in [1.54, 1.807) is 14.0 Å². The second-order valence-corrected chi connectivity index (χ2v) is 7.15. The van der Waals surface area contributed by atoms with Crippen LogP contribution in [0.25, 0.3) is 10.6 Å². The van der Waals surface area contributed by atoms with Crippen LogP contribution in [-0.2, 0) is 11.2 Å². The molecule has 1 heterocycles. The van der Waals surface area contributed by atoms with Crippen LogP contribution in [0.4, 0.5) is 0 Å². The maximum atomic E-state index is 12.4. The van der Waals surface area contributed by atoms with E-state index < -0.39 is 0 Å². The minimum Gasteiger partial charge on any atom is -0.497 e. The number of carbonyl (C=O) groups is 2. The van der Waals surface area contributed by atoms with Crippen molar-refractivity contribution in [1.29, 1.82) is 0 Å². The lowest BCUT2D eigenvalue weighted by Gasteiger charge is -2.07. The summed E-state index contributed by atoms with van der Waals surface area (Å²) in [4.78, 5) is 29.3. The smallest absolute Gasteiger partial charge is 0.281 e. The highest BCUT2D eigenvalue weighted by Gasteiger charge is 2.16. The van der Waals surface area contributed by atoms with Gasteiger partial charge in [-0.25, -0.2) is 4.98 Å². The lowest BCUT2D eigenvalue weighted by molar-refractivity contribution is -0.121. The molecule has 2 amide bonds. The van der Waals surface area contributed by atoms with E-state index >= 15 is 0 Å². The third-order valence-corrected chi connectivity index (χ3v) is 5.34. The molecule has 2 N–H and O–H groups in total. The van der Waals surface area contributed by atoms with Crippen molar-refractivity contribution < 1.29 is 14.3 Å². The van der Waals surface area contributed by atoms with Gasteiger partial charge in [-0.05, 0) is 31.0 Å². The normalized spacial score (nSPS) is 10.4. The van der Waals surface area contributed by atoms with Gasteiger partial charge in [0, 0.05) is 12.0 Å². The molecule has 0 saturated carbocycles. The minimum atomic E-state index is -0.366. The van der Waals surface area contributed by atoms with Crippen molar-refractivity contribution in [2.45, 2.75) is 19.8 Å². The molecule has 0 spiro atoms. The molecule has 0 bridgehead atoms. The van der Waals surface area contributed by atoms with Gasteiger partial charge in [-0.1, -0.05) is 42.5 Å². The Bertz CT molecular complexity index is 953. The summed E-state index contributed by atoms with van der Waals surface area (Å²) in [6.07, 6.45) is 0.840. The van der Waals surface area contributed by atoms with Gasteiger partial charge in [0.15, 0.2) is 0 Å². The average molecular weight is 395 g/mol. The number of methoxy groups -OCH3 is 1. The van der Waals surface area contributed by atoms with E-state index in [4.69, 9.17) is 4.74 Å². The lowest BCUT2D eigenvalue weighted by Crippen LogP contribution is -2.41. The van der Waals surface area contributed by atoms with Gasteiger partial charge in [0.05, 0.1) is 12.8 Å². The highest BCUT2D eigenvalue weighted by atomic mass is 32.1. The number of aryl methyl sites for hydroxylation is 2. The number of aromatic nitrogens is 1. The first-order valence-corrected chi connectivity index (χ1v) is 9.63. The molecule has 2 aromatic carbocycles. The van der Waals surface area contributed by atoms with Crippen LogP contribution in [0.5, 0.6) is 5.75 Å². The molecule has 0 aliphatic carbocycles. The molecule has 6 nitrogen and oxygen atoms in total. The highest BCUT2D eigenvalue weighted by Crippen LogP contribution is 2.27. The van der Waals surface area contributed by atoms with E-state index in [2.05, 4.69) is 15.8 Å². The maximum Gasteiger partial charge on any atom is 0.281 e. The van der Waals surface area contributed by atoms with E-state index in [-0.39, 0.29) is 18.2 Å².